The minimum absolute atomic E-state index is 0.341. The monoisotopic (exact) mass is 763 g/mol. The van der Waals surface area contributed by atoms with Gasteiger partial charge in [-0.05, 0) is 32.1 Å². The van der Waals surface area contributed by atoms with Gasteiger partial charge in [0.1, 0.15) is 0 Å². The van der Waals surface area contributed by atoms with Crippen LogP contribution in [0.5, 0.6) is 0 Å². The molecule has 1 aliphatic carbocycles. The minimum atomic E-state index is -0.818. The molecule has 1 fully saturated rings. The van der Waals surface area contributed by atoms with Crippen molar-refractivity contribution in [2.75, 3.05) is 19.8 Å². The normalized spacial score (nSPS) is 17.1. The number of hydrogen-bond acceptors (Lipinski definition) is 6. The Bertz CT molecular complexity index is 810. The van der Waals surface area contributed by atoms with Gasteiger partial charge in [-0.15, -0.1) is 0 Å². The Hall–Kier alpha value is -1.59. The van der Waals surface area contributed by atoms with Crippen molar-refractivity contribution in [2.24, 2.45) is 17.8 Å². The second-order valence-electron chi connectivity index (χ2n) is 16.8. The van der Waals surface area contributed by atoms with Crippen LogP contribution in [0.25, 0.3) is 0 Å². The van der Waals surface area contributed by atoms with Crippen LogP contribution in [0.4, 0.5) is 0 Å². The summed E-state index contributed by atoms with van der Waals surface area (Å²) in [4.78, 5) is 40.5. The third-order valence-electron chi connectivity index (χ3n) is 11.8. The Morgan fingerprint density at radius 2 is 0.556 bits per heavy atom. The summed E-state index contributed by atoms with van der Waals surface area (Å²) in [5, 5.41) is 0. The maximum absolute atomic E-state index is 13.6. The molecule has 0 aromatic carbocycles. The molecule has 0 saturated heterocycles. The summed E-state index contributed by atoms with van der Waals surface area (Å²) in [6.45, 7) is 7.86. The van der Waals surface area contributed by atoms with Crippen molar-refractivity contribution in [3.05, 3.63) is 0 Å². The zero-order valence-electron chi connectivity index (χ0n) is 36.3. The Kier molecular flexibility index (Phi) is 35.8. The van der Waals surface area contributed by atoms with Crippen LogP contribution in [-0.2, 0) is 28.6 Å². The van der Waals surface area contributed by atoms with E-state index in [4.69, 9.17) is 14.2 Å². The summed E-state index contributed by atoms with van der Waals surface area (Å²) in [5.41, 5.74) is 0. The van der Waals surface area contributed by atoms with E-state index in [9.17, 15) is 14.4 Å². The van der Waals surface area contributed by atoms with Gasteiger partial charge in [-0.3, -0.25) is 14.4 Å². The number of rotatable bonds is 39. The molecule has 6 heteroatoms. The second-order valence-corrected chi connectivity index (χ2v) is 16.8. The molecule has 6 nitrogen and oxygen atoms in total. The van der Waals surface area contributed by atoms with E-state index in [-0.39, 0.29) is 11.9 Å². The fourth-order valence-electron chi connectivity index (χ4n) is 8.18. The van der Waals surface area contributed by atoms with Crippen molar-refractivity contribution in [3.63, 3.8) is 0 Å². The highest BCUT2D eigenvalue weighted by Crippen LogP contribution is 2.38. The quantitative estimate of drug-likeness (QED) is 0.0352. The molecule has 1 rings (SSSR count). The predicted octanol–water partition coefficient (Wildman–Crippen LogP) is 14.6. The third kappa shape index (κ3) is 27.9. The molecule has 1 aliphatic rings. The summed E-state index contributed by atoms with van der Waals surface area (Å²) >= 11 is 0. The van der Waals surface area contributed by atoms with E-state index in [1.54, 1.807) is 0 Å². The minimum Gasteiger partial charge on any atom is -0.465 e. The first-order valence-corrected chi connectivity index (χ1v) is 24.1. The van der Waals surface area contributed by atoms with Gasteiger partial charge in [0, 0.05) is 0 Å². The van der Waals surface area contributed by atoms with Gasteiger partial charge in [0.05, 0.1) is 37.6 Å². The molecule has 318 valence electrons. The highest BCUT2D eigenvalue weighted by Gasteiger charge is 2.47. The average Bonchev–Trinajstić information content (AvgIpc) is 3.18. The molecular formula is C48H90O6. The molecule has 0 amide bonds. The van der Waals surface area contributed by atoms with Crippen molar-refractivity contribution >= 4 is 17.9 Å². The topological polar surface area (TPSA) is 78.9 Å². The molecule has 0 N–H and O–H groups in total. The van der Waals surface area contributed by atoms with Crippen molar-refractivity contribution < 1.29 is 28.6 Å². The molecule has 0 aromatic heterocycles. The average molecular weight is 763 g/mol. The third-order valence-corrected chi connectivity index (χ3v) is 11.8. The molecule has 0 spiro atoms. The lowest BCUT2D eigenvalue weighted by Gasteiger charge is -2.34. The summed E-state index contributed by atoms with van der Waals surface area (Å²) in [5.74, 6) is -3.22. The Balaban J connectivity index is 2.50. The lowest BCUT2D eigenvalue weighted by atomic mass is 9.72. The van der Waals surface area contributed by atoms with Crippen LogP contribution >= 0.6 is 0 Å². The van der Waals surface area contributed by atoms with Gasteiger partial charge >= 0.3 is 17.9 Å². The van der Waals surface area contributed by atoms with Gasteiger partial charge in [0.25, 0.3) is 0 Å². The molecule has 0 aromatic rings. The van der Waals surface area contributed by atoms with Gasteiger partial charge in [-0.25, -0.2) is 0 Å². The largest absolute Gasteiger partial charge is 0.465 e. The van der Waals surface area contributed by atoms with Crippen LogP contribution in [0.2, 0.25) is 0 Å². The van der Waals surface area contributed by atoms with E-state index < -0.39 is 23.7 Å². The Morgan fingerprint density at radius 1 is 0.333 bits per heavy atom. The van der Waals surface area contributed by atoms with Crippen LogP contribution in [0.1, 0.15) is 252 Å². The molecule has 0 radical (unpaired) electrons. The maximum Gasteiger partial charge on any atom is 0.310 e. The van der Waals surface area contributed by atoms with Crippen LogP contribution in [0.3, 0.4) is 0 Å². The van der Waals surface area contributed by atoms with Crippen molar-refractivity contribution in [2.45, 2.75) is 252 Å². The first-order valence-electron chi connectivity index (χ1n) is 24.1. The summed E-state index contributed by atoms with van der Waals surface area (Å²) in [7, 11) is 0. The first kappa shape index (κ1) is 50.4. The van der Waals surface area contributed by atoms with Gasteiger partial charge in [0.15, 0.2) is 0 Å². The molecule has 54 heavy (non-hydrogen) atoms. The molecule has 0 bridgehead atoms. The predicted molar refractivity (Wildman–Crippen MR) is 227 cm³/mol. The standard InChI is InChI=1S/C48H90O6/c1-4-7-10-13-16-19-22-25-28-31-34-40-52-46(49)43-38-37-39-44(47(50)53-41-35-32-29-26-23-20-17-14-11-8-5-2)45(43)48(51)54-42-36-33-30-27-24-21-18-15-12-9-6-3/h43-45H,4-42H2,1-3H3. The van der Waals surface area contributed by atoms with Crippen molar-refractivity contribution in [1.29, 1.82) is 0 Å². The van der Waals surface area contributed by atoms with Crippen LogP contribution in [0, 0.1) is 17.8 Å². The Labute approximate surface area is 335 Å². The van der Waals surface area contributed by atoms with E-state index in [2.05, 4.69) is 20.8 Å². The first-order chi connectivity index (χ1) is 26.6. The number of hydrogen-bond donors (Lipinski definition) is 0. The van der Waals surface area contributed by atoms with E-state index in [1.165, 1.54) is 154 Å². The number of carbonyl (C=O) groups excluding carboxylic acids is 3. The SMILES string of the molecule is CCCCCCCCCCCCCOC(=O)C1CCCC(C(=O)OCCCCCCCCCCCCC)C1C(=O)OCCCCCCCCCCCCC. The van der Waals surface area contributed by atoms with Gasteiger partial charge in [-0.1, -0.05) is 220 Å². The number of ether oxygens (including phenoxy) is 3. The molecule has 0 aliphatic heterocycles. The molecule has 2 atom stereocenters. The van der Waals surface area contributed by atoms with Crippen molar-refractivity contribution in [3.8, 4) is 0 Å². The van der Waals surface area contributed by atoms with Gasteiger partial charge in [0.2, 0.25) is 0 Å². The van der Waals surface area contributed by atoms with E-state index in [1.807, 2.05) is 0 Å². The maximum atomic E-state index is 13.6. The van der Waals surface area contributed by atoms with E-state index >= 15 is 0 Å². The zero-order chi connectivity index (χ0) is 39.2. The second kappa shape index (κ2) is 38.3. The summed E-state index contributed by atoms with van der Waals surface area (Å²) < 4.78 is 17.3. The van der Waals surface area contributed by atoms with Crippen LogP contribution in [-0.4, -0.2) is 37.7 Å². The fraction of sp³-hybridized carbons (Fsp3) is 0.938. The lowest BCUT2D eigenvalue weighted by molar-refractivity contribution is -0.172. The van der Waals surface area contributed by atoms with Gasteiger partial charge < -0.3 is 14.2 Å². The number of esters is 3. The Morgan fingerprint density at radius 3 is 0.815 bits per heavy atom. The highest BCUT2D eigenvalue weighted by atomic mass is 16.5. The zero-order valence-corrected chi connectivity index (χ0v) is 36.3. The number of unbranched alkanes of at least 4 members (excludes halogenated alkanes) is 30. The van der Waals surface area contributed by atoms with Gasteiger partial charge in [-0.2, -0.15) is 0 Å². The lowest BCUT2D eigenvalue weighted by Crippen LogP contribution is -2.44. The summed E-state index contributed by atoms with van der Waals surface area (Å²) in [6.07, 6.45) is 42.5. The summed E-state index contributed by atoms with van der Waals surface area (Å²) in [6, 6.07) is 0. The fourth-order valence-corrected chi connectivity index (χ4v) is 8.18. The van der Waals surface area contributed by atoms with Crippen molar-refractivity contribution in [1.82, 2.24) is 0 Å². The molecule has 1 saturated carbocycles. The molecule has 0 heterocycles. The highest BCUT2D eigenvalue weighted by molar-refractivity contribution is 5.87. The van der Waals surface area contributed by atoms with Crippen LogP contribution in [0.15, 0.2) is 0 Å². The van der Waals surface area contributed by atoms with Crippen LogP contribution < -0.4 is 0 Å². The molecular weight excluding hydrogens is 673 g/mol. The number of carbonyl (C=O) groups is 3. The molecule has 2 unspecified atom stereocenters. The van der Waals surface area contributed by atoms with E-state index in [0.29, 0.717) is 39.1 Å². The van der Waals surface area contributed by atoms with E-state index in [0.717, 1.165) is 57.8 Å². The smallest absolute Gasteiger partial charge is 0.310 e.